The highest BCUT2D eigenvalue weighted by Gasteiger charge is 2.06. The molecule has 7 heteroatoms. The Bertz CT molecular complexity index is 366. The molecule has 6 nitrogen and oxygen atoms in total. The van der Waals surface area contributed by atoms with Gasteiger partial charge in [-0.1, -0.05) is 0 Å². The van der Waals surface area contributed by atoms with Gasteiger partial charge in [0.05, 0.1) is 0 Å². The zero-order chi connectivity index (χ0) is 11.3. The van der Waals surface area contributed by atoms with E-state index in [9.17, 15) is 9.59 Å². The first-order chi connectivity index (χ1) is 7.09. The normalized spacial score (nSPS) is 9.67. The number of nitrogens with zero attached hydrogens (tertiary/aromatic N) is 1. The van der Waals surface area contributed by atoms with Gasteiger partial charge in [0.2, 0.25) is 5.91 Å². The highest BCUT2D eigenvalue weighted by Crippen LogP contribution is 2.06. The summed E-state index contributed by atoms with van der Waals surface area (Å²) in [5.41, 5.74) is 7.02. The van der Waals surface area contributed by atoms with Crippen LogP contribution in [0, 0.1) is 0 Å². The molecule has 3 N–H and O–H groups in total. The molecule has 0 saturated carbocycles. The average Bonchev–Trinajstić information content (AvgIpc) is 2.18. The zero-order valence-electron chi connectivity index (χ0n) is 7.57. The van der Waals surface area contributed by atoms with Gasteiger partial charge in [0.25, 0.3) is 5.91 Å². The van der Waals surface area contributed by atoms with Crippen LogP contribution in [0.25, 0.3) is 0 Å². The molecule has 1 aromatic heterocycles. The lowest BCUT2D eigenvalue weighted by Gasteiger charge is -2.02. The Hall–Kier alpha value is -1.47. The van der Waals surface area contributed by atoms with E-state index >= 15 is 0 Å². The van der Waals surface area contributed by atoms with Crippen LogP contribution in [0.15, 0.2) is 22.8 Å². The molecule has 80 valence electrons. The first-order valence-electron chi connectivity index (χ1n) is 3.91. The Balaban J connectivity index is 2.47. The molecule has 15 heavy (non-hydrogen) atoms. The monoisotopic (exact) mass is 273 g/mol. The molecule has 0 aliphatic heterocycles. The maximum atomic E-state index is 11.3. The van der Waals surface area contributed by atoms with E-state index in [2.05, 4.69) is 25.8 Å². The minimum absolute atomic E-state index is 0.183. The molecule has 0 saturated heterocycles. The SMILES string of the molecule is NC(=O)CONC(=O)c1ccc(Br)cn1. The van der Waals surface area contributed by atoms with Gasteiger partial charge in [0.1, 0.15) is 5.69 Å². The van der Waals surface area contributed by atoms with Crippen molar-refractivity contribution >= 4 is 27.7 Å². The van der Waals surface area contributed by atoms with E-state index < -0.39 is 11.8 Å². The number of pyridine rings is 1. The van der Waals surface area contributed by atoms with Crippen molar-refractivity contribution in [1.29, 1.82) is 0 Å². The van der Waals surface area contributed by atoms with E-state index in [4.69, 9.17) is 5.73 Å². The number of carbonyl (C=O) groups excluding carboxylic acids is 2. The molecule has 0 bridgehead atoms. The Kier molecular flexibility index (Phi) is 4.19. The Morgan fingerprint density at radius 3 is 2.80 bits per heavy atom. The molecule has 0 fully saturated rings. The standard InChI is InChI=1S/C8H8BrN3O3/c9-5-1-2-6(11-3-5)8(14)12-15-4-7(10)13/h1-3H,4H2,(H2,10,13)(H,12,14). The minimum Gasteiger partial charge on any atom is -0.368 e. The van der Waals surface area contributed by atoms with E-state index in [1.807, 2.05) is 5.48 Å². The van der Waals surface area contributed by atoms with Crippen molar-refractivity contribution in [1.82, 2.24) is 10.5 Å². The number of hydroxylamine groups is 1. The lowest BCUT2D eigenvalue weighted by atomic mass is 10.3. The van der Waals surface area contributed by atoms with Crippen molar-refractivity contribution in [3.8, 4) is 0 Å². The molecule has 0 spiro atoms. The lowest BCUT2D eigenvalue weighted by molar-refractivity contribution is -0.124. The number of amides is 2. The summed E-state index contributed by atoms with van der Waals surface area (Å²) < 4.78 is 0.761. The van der Waals surface area contributed by atoms with Gasteiger partial charge in [-0.25, -0.2) is 10.5 Å². The van der Waals surface area contributed by atoms with Crippen molar-refractivity contribution in [2.75, 3.05) is 6.61 Å². The topological polar surface area (TPSA) is 94.3 Å². The van der Waals surface area contributed by atoms with Crippen LogP contribution < -0.4 is 11.2 Å². The maximum Gasteiger partial charge on any atom is 0.293 e. The fourth-order valence-corrected chi connectivity index (χ4v) is 0.970. The highest BCUT2D eigenvalue weighted by atomic mass is 79.9. The van der Waals surface area contributed by atoms with Crippen LogP contribution in [0.3, 0.4) is 0 Å². The van der Waals surface area contributed by atoms with E-state index in [0.29, 0.717) is 0 Å². The summed E-state index contributed by atoms with van der Waals surface area (Å²) in [6.45, 7) is -0.373. The van der Waals surface area contributed by atoms with Gasteiger partial charge < -0.3 is 5.73 Å². The number of carbonyl (C=O) groups is 2. The van der Waals surface area contributed by atoms with E-state index in [0.717, 1.165) is 4.47 Å². The van der Waals surface area contributed by atoms with Crippen LogP contribution in [0.2, 0.25) is 0 Å². The molecular weight excluding hydrogens is 266 g/mol. The summed E-state index contributed by atoms with van der Waals surface area (Å²) in [6, 6.07) is 3.17. The lowest BCUT2D eigenvalue weighted by Crippen LogP contribution is -2.29. The summed E-state index contributed by atoms with van der Waals surface area (Å²) in [4.78, 5) is 29.9. The smallest absolute Gasteiger partial charge is 0.293 e. The third-order valence-electron chi connectivity index (χ3n) is 1.34. The molecule has 1 heterocycles. The molecule has 0 radical (unpaired) electrons. The first-order valence-corrected chi connectivity index (χ1v) is 4.71. The molecular formula is C8H8BrN3O3. The largest absolute Gasteiger partial charge is 0.368 e. The summed E-state index contributed by atoms with van der Waals surface area (Å²) in [7, 11) is 0. The average molecular weight is 274 g/mol. The van der Waals surface area contributed by atoms with Gasteiger partial charge >= 0.3 is 0 Å². The summed E-state index contributed by atoms with van der Waals surface area (Å²) in [5.74, 6) is -1.21. The van der Waals surface area contributed by atoms with Gasteiger partial charge in [0, 0.05) is 10.7 Å². The van der Waals surface area contributed by atoms with E-state index in [1.165, 1.54) is 12.3 Å². The first kappa shape index (κ1) is 11.6. The molecule has 0 atom stereocenters. The summed E-state index contributed by atoms with van der Waals surface area (Å²) in [6.07, 6.45) is 1.48. The van der Waals surface area contributed by atoms with Gasteiger partial charge in [0.15, 0.2) is 6.61 Å². The Morgan fingerprint density at radius 1 is 1.53 bits per heavy atom. The van der Waals surface area contributed by atoms with Crippen LogP contribution in [-0.4, -0.2) is 23.4 Å². The predicted octanol–water partition coefficient (Wildman–Crippen LogP) is -0.00920. The van der Waals surface area contributed by atoms with Crippen LogP contribution in [-0.2, 0) is 9.63 Å². The second kappa shape index (κ2) is 5.42. The van der Waals surface area contributed by atoms with Gasteiger partial charge in [-0.05, 0) is 28.1 Å². The fraction of sp³-hybridized carbons (Fsp3) is 0.125. The van der Waals surface area contributed by atoms with Gasteiger partial charge in [-0.15, -0.1) is 0 Å². The van der Waals surface area contributed by atoms with Crippen LogP contribution in [0.4, 0.5) is 0 Å². The predicted molar refractivity (Wildman–Crippen MR) is 54.5 cm³/mol. The summed E-state index contributed by atoms with van der Waals surface area (Å²) in [5, 5.41) is 0. The van der Waals surface area contributed by atoms with Crippen molar-refractivity contribution in [3.63, 3.8) is 0 Å². The second-order valence-corrected chi connectivity index (χ2v) is 3.46. The number of hydrogen-bond donors (Lipinski definition) is 2. The van der Waals surface area contributed by atoms with Crippen LogP contribution in [0.5, 0.6) is 0 Å². The van der Waals surface area contributed by atoms with Crippen molar-refractivity contribution in [2.24, 2.45) is 5.73 Å². The zero-order valence-corrected chi connectivity index (χ0v) is 9.15. The van der Waals surface area contributed by atoms with Crippen molar-refractivity contribution in [3.05, 3.63) is 28.5 Å². The third-order valence-corrected chi connectivity index (χ3v) is 1.81. The molecule has 0 aliphatic rings. The molecule has 1 rings (SSSR count). The second-order valence-electron chi connectivity index (χ2n) is 2.55. The molecule has 0 aliphatic carbocycles. The number of rotatable bonds is 4. The number of primary amides is 1. The number of halogens is 1. The molecule has 2 amide bonds. The van der Waals surface area contributed by atoms with Crippen LogP contribution >= 0.6 is 15.9 Å². The van der Waals surface area contributed by atoms with Crippen molar-refractivity contribution in [2.45, 2.75) is 0 Å². The fourth-order valence-electron chi connectivity index (χ4n) is 0.735. The maximum absolute atomic E-state index is 11.3. The van der Waals surface area contributed by atoms with Crippen LogP contribution in [0.1, 0.15) is 10.5 Å². The summed E-state index contributed by atoms with van der Waals surface area (Å²) >= 11 is 3.18. The third kappa shape index (κ3) is 4.05. The Labute approximate surface area is 93.9 Å². The van der Waals surface area contributed by atoms with Gasteiger partial charge in [-0.2, -0.15) is 0 Å². The minimum atomic E-state index is -0.668. The Morgan fingerprint density at radius 2 is 2.27 bits per heavy atom. The number of nitrogens with one attached hydrogen (secondary N) is 1. The van der Waals surface area contributed by atoms with Gasteiger partial charge in [-0.3, -0.25) is 14.4 Å². The quantitative estimate of drug-likeness (QED) is 0.755. The molecule has 0 unspecified atom stereocenters. The highest BCUT2D eigenvalue weighted by molar-refractivity contribution is 9.10. The van der Waals surface area contributed by atoms with E-state index in [1.54, 1.807) is 6.07 Å². The number of nitrogens with two attached hydrogens (primary N) is 1. The number of aromatic nitrogens is 1. The molecule has 0 aromatic carbocycles. The van der Waals surface area contributed by atoms with E-state index in [-0.39, 0.29) is 12.3 Å². The van der Waals surface area contributed by atoms with Crippen molar-refractivity contribution < 1.29 is 14.4 Å². The number of hydrogen-bond acceptors (Lipinski definition) is 4. The molecule has 1 aromatic rings.